The van der Waals surface area contributed by atoms with E-state index in [1.54, 1.807) is 0 Å². The second-order valence-corrected chi connectivity index (χ2v) is 4.64. The lowest BCUT2D eigenvalue weighted by molar-refractivity contribution is -0.0250. The van der Waals surface area contributed by atoms with E-state index in [9.17, 15) is 0 Å². The van der Waals surface area contributed by atoms with Gasteiger partial charge in [0.05, 0.1) is 12.3 Å². The first-order chi connectivity index (χ1) is 6.79. The van der Waals surface area contributed by atoms with Crippen LogP contribution < -0.4 is 5.32 Å². The minimum absolute atomic E-state index is 0.425. The third-order valence-electron chi connectivity index (χ3n) is 3.28. The van der Waals surface area contributed by atoms with Crippen molar-refractivity contribution < 1.29 is 4.74 Å². The lowest BCUT2D eigenvalue weighted by atomic mass is 10.0. The summed E-state index contributed by atoms with van der Waals surface area (Å²) in [5.41, 5.74) is 0. The second-order valence-electron chi connectivity index (χ2n) is 4.64. The molecule has 0 spiro atoms. The maximum absolute atomic E-state index is 5.88. The Morgan fingerprint density at radius 2 is 2.21 bits per heavy atom. The van der Waals surface area contributed by atoms with E-state index in [4.69, 9.17) is 4.74 Å². The Kier molecular flexibility index (Phi) is 3.42. The Bertz CT molecular complexity index is 184. The molecule has 2 rings (SSSR count). The molecule has 2 aliphatic heterocycles. The second kappa shape index (κ2) is 4.60. The SMILES string of the molecule is CC(C)N1CCCOC2CCCNC21. The summed E-state index contributed by atoms with van der Waals surface area (Å²) in [6, 6.07) is 0.620. The first kappa shape index (κ1) is 10.4. The van der Waals surface area contributed by atoms with Gasteiger partial charge in [0, 0.05) is 19.2 Å². The lowest BCUT2D eigenvalue weighted by Gasteiger charge is -2.40. The molecule has 3 nitrogen and oxygen atoms in total. The first-order valence-electron chi connectivity index (χ1n) is 5.90. The average Bonchev–Trinajstić information content (AvgIpc) is 2.39. The number of ether oxygens (including phenoxy) is 1. The minimum Gasteiger partial charge on any atom is -0.375 e. The summed E-state index contributed by atoms with van der Waals surface area (Å²) in [5, 5.41) is 3.59. The number of piperidine rings is 1. The van der Waals surface area contributed by atoms with E-state index in [0.717, 1.165) is 13.2 Å². The van der Waals surface area contributed by atoms with Gasteiger partial charge < -0.3 is 4.74 Å². The van der Waals surface area contributed by atoms with Crippen LogP contribution in [0, 0.1) is 0 Å². The van der Waals surface area contributed by atoms with E-state index < -0.39 is 0 Å². The van der Waals surface area contributed by atoms with Crippen LogP contribution in [-0.4, -0.2) is 42.9 Å². The molecule has 2 atom stereocenters. The van der Waals surface area contributed by atoms with Crippen LogP contribution in [0.15, 0.2) is 0 Å². The Morgan fingerprint density at radius 3 is 3.00 bits per heavy atom. The average molecular weight is 198 g/mol. The molecular weight excluding hydrogens is 176 g/mol. The number of hydrogen-bond acceptors (Lipinski definition) is 3. The molecule has 0 bridgehead atoms. The van der Waals surface area contributed by atoms with Crippen LogP contribution in [0.3, 0.4) is 0 Å². The molecule has 0 aromatic heterocycles. The highest BCUT2D eigenvalue weighted by Gasteiger charge is 2.33. The number of hydrogen-bond donors (Lipinski definition) is 1. The molecule has 2 unspecified atom stereocenters. The van der Waals surface area contributed by atoms with Crippen molar-refractivity contribution in [2.24, 2.45) is 0 Å². The van der Waals surface area contributed by atoms with Crippen LogP contribution in [0.1, 0.15) is 33.1 Å². The standard InChI is InChI=1S/C11H22N2O/c1-9(2)13-7-4-8-14-10-5-3-6-12-11(10)13/h9-12H,3-8H2,1-2H3. The third-order valence-corrected chi connectivity index (χ3v) is 3.28. The van der Waals surface area contributed by atoms with Crippen LogP contribution in [0.25, 0.3) is 0 Å². The zero-order valence-corrected chi connectivity index (χ0v) is 9.33. The van der Waals surface area contributed by atoms with Gasteiger partial charge in [-0.05, 0) is 39.7 Å². The Balaban J connectivity index is 2.06. The van der Waals surface area contributed by atoms with Gasteiger partial charge in [0.25, 0.3) is 0 Å². The highest BCUT2D eigenvalue weighted by Crippen LogP contribution is 2.21. The molecule has 0 aliphatic carbocycles. The topological polar surface area (TPSA) is 24.5 Å². The fraction of sp³-hybridized carbons (Fsp3) is 1.00. The predicted octanol–water partition coefficient (Wildman–Crippen LogP) is 1.20. The molecule has 1 N–H and O–H groups in total. The Labute approximate surface area is 86.8 Å². The van der Waals surface area contributed by atoms with E-state index >= 15 is 0 Å². The summed E-state index contributed by atoms with van der Waals surface area (Å²) in [6.45, 7) is 7.81. The van der Waals surface area contributed by atoms with Gasteiger partial charge in [-0.3, -0.25) is 10.2 Å². The maximum Gasteiger partial charge on any atom is 0.0869 e. The van der Waals surface area contributed by atoms with Crippen LogP contribution >= 0.6 is 0 Å². The van der Waals surface area contributed by atoms with Crippen molar-refractivity contribution in [1.82, 2.24) is 10.2 Å². The number of rotatable bonds is 1. The minimum atomic E-state index is 0.425. The molecule has 0 saturated carbocycles. The van der Waals surface area contributed by atoms with Gasteiger partial charge in [0.1, 0.15) is 0 Å². The molecule has 0 aromatic rings. The molecule has 0 radical (unpaired) electrons. The van der Waals surface area contributed by atoms with Crippen LogP contribution in [0.2, 0.25) is 0 Å². The largest absolute Gasteiger partial charge is 0.375 e. The van der Waals surface area contributed by atoms with Gasteiger partial charge in [-0.25, -0.2) is 0 Å². The van der Waals surface area contributed by atoms with Crippen molar-refractivity contribution in [3.05, 3.63) is 0 Å². The van der Waals surface area contributed by atoms with E-state index in [2.05, 4.69) is 24.1 Å². The number of fused-ring (bicyclic) bond motifs is 1. The van der Waals surface area contributed by atoms with Crippen molar-refractivity contribution in [2.45, 2.75) is 51.4 Å². The Morgan fingerprint density at radius 1 is 1.36 bits per heavy atom. The molecule has 2 aliphatic rings. The third kappa shape index (κ3) is 2.10. The van der Waals surface area contributed by atoms with Gasteiger partial charge in [-0.1, -0.05) is 0 Å². The smallest absolute Gasteiger partial charge is 0.0869 e. The molecular formula is C11H22N2O. The number of nitrogens with one attached hydrogen (secondary N) is 1. The lowest BCUT2D eigenvalue weighted by Crippen LogP contribution is -2.57. The van der Waals surface area contributed by atoms with Gasteiger partial charge in [-0.15, -0.1) is 0 Å². The normalized spacial score (nSPS) is 35.4. The fourth-order valence-corrected chi connectivity index (χ4v) is 2.55. The quantitative estimate of drug-likeness (QED) is 0.685. The van der Waals surface area contributed by atoms with E-state index in [0.29, 0.717) is 18.3 Å². The predicted molar refractivity (Wildman–Crippen MR) is 57.2 cm³/mol. The zero-order valence-electron chi connectivity index (χ0n) is 9.33. The molecule has 2 fully saturated rings. The summed E-state index contributed by atoms with van der Waals surface area (Å²) < 4.78 is 5.88. The molecule has 0 aromatic carbocycles. The van der Waals surface area contributed by atoms with E-state index in [-0.39, 0.29) is 0 Å². The van der Waals surface area contributed by atoms with Crippen molar-refractivity contribution >= 4 is 0 Å². The van der Waals surface area contributed by atoms with Crippen molar-refractivity contribution in [1.29, 1.82) is 0 Å². The fourth-order valence-electron chi connectivity index (χ4n) is 2.55. The highest BCUT2D eigenvalue weighted by molar-refractivity contribution is 4.86. The van der Waals surface area contributed by atoms with Crippen molar-refractivity contribution in [2.75, 3.05) is 19.7 Å². The van der Waals surface area contributed by atoms with Gasteiger partial charge in [0.2, 0.25) is 0 Å². The number of nitrogens with zero attached hydrogens (tertiary/aromatic N) is 1. The molecule has 3 heteroatoms. The molecule has 2 heterocycles. The maximum atomic E-state index is 5.88. The zero-order chi connectivity index (χ0) is 9.97. The van der Waals surface area contributed by atoms with E-state index in [1.165, 1.54) is 25.8 Å². The molecule has 14 heavy (non-hydrogen) atoms. The molecule has 0 amide bonds. The van der Waals surface area contributed by atoms with Crippen molar-refractivity contribution in [3.8, 4) is 0 Å². The summed E-state index contributed by atoms with van der Waals surface area (Å²) >= 11 is 0. The summed E-state index contributed by atoms with van der Waals surface area (Å²) in [5.74, 6) is 0. The first-order valence-corrected chi connectivity index (χ1v) is 5.90. The van der Waals surface area contributed by atoms with Crippen LogP contribution in [0.4, 0.5) is 0 Å². The molecule has 2 saturated heterocycles. The van der Waals surface area contributed by atoms with Crippen LogP contribution in [-0.2, 0) is 4.74 Å². The monoisotopic (exact) mass is 198 g/mol. The van der Waals surface area contributed by atoms with E-state index in [1.807, 2.05) is 0 Å². The summed E-state index contributed by atoms with van der Waals surface area (Å²) in [6.07, 6.45) is 4.54. The van der Waals surface area contributed by atoms with Crippen LogP contribution in [0.5, 0.6) is 0 Å². The summed E-state index contributed by atoms with van der Waals surface area (Å²) in [7, 11) is 0. The highest BCUT2D eigenvalue weighted by atomic mass is 16.5. The molecule has 82 valence electrons. The summed E-state index contributed by atoms with van der Waals surface area (Å²) in [4.78, 5) is 2.55. The van der Waals surface area contributed by atoms with Gasteiger partial charge in [-0.2, -0.15) is 0 Å². The Hall–Kier alpha value is -0.120. The van der Waals surface area contributed by atoms with Gasteiger partial charge in [0.15, 0.2) is 0 Å². The van der Waals surface area contributed by atoms with Crippen molar-refractivity contribution in [3.63, 3.8) is 0 Å². The van der Waals surface area contributed by atoms with Gasteiger partial charge >= 0.3 is 0 Å².